The molecule has 7 nitrogen and oxygen atoms in total. The van der Waals surface area contributed by atoms with Crippen molar-refractivity contribution in [2.45, 2.75) is 45.2 Å². The number of amides is 2. The molecule has 3 aromatic rings. The van der Waals surface area contributed by atoms with E-state index in [1.807, 2.05) is 44.2 Å². The zero-order valence-corrected chi connectivity index (χ0v) is 24.5. The summed E-state index contributed by atoms with van der Waals surface area (Å²) in [6.45, 7) is 7.61. The Balaban J connectivity index is 2.00. The second-order valence-electron chi connectivity index (χ2n) is 9.57. The van der Waals surface area contributed by atoms with E-state index in [-0.39, 0.29) is 23.3 Å². The average Bonchev–Trinajstić information content (AvgIpc) is 2.90. The van der Waals surface area contributed by atoms with Crippen LogP contribution in [0.3, 0.4) is 0 Å². The van der Waals surface area contributed by atoms with E-state index in [9.17, 15) is 18.0 Å². The molecular formula is C29H34BrN3O4S. The number of hydrogen-bond donors (Lipinski definition) is 1. The van der Waals surface area contributed by atoms with Gasteiger partial charge in [0.1, 0.15) is 12.6 Å². The zero-order valence-electron chi connectivity index (χ0n) is 22.1. The van der Waals surface area contributed by atoms with Crippen LogP contribution in [0.4, 0.5) is 5.69 Å². The van der Waals surface area contributed by atoms with Gasteiger partial charge in [-0.1, -0.05) is 78.3 Å². The predicted octanol–water partition coefficient (Wildman–Crippen LogP) is 5.14. The van der Waals surface area contributed by atoms with Gasteiger partial charge < -0.3 is 10.2 Å². The first-order valence-corrected chi connectivity index (χ1v) is 14.7. The minimum Gasteiger partial charge on any atom is -0.354 e. The molecule has 0 aliphatic carbocycles. The maximum Gasteiger partial charge on any atom is 0.264 e. The van der Waals surface area contributed by atoms with E-state index < -0.39 is 28.5 Å². The molecule has 1 atom stereocenters. The summed E-state index contributed by atoms with van der Waals surface area (Å²) in [6.07, 6.45) is 0. The van der Waals surface area contributed by atoms with Gasteiger partial charge >= 0.3 is 0 Å². The predicted molar refractivity (Wildman–Crippen MR) is 154 cm³/mol. The molecule has 0 aromatic heterocycles. The first-order chi connectivity index (χ1) is 18.0. The van der Waals surface area contributed by atoms with Crippen LogP contribution < -0.4 is 9.62 Å². The Morgan fingerprint density at radius 3 is 2.11 bits per heavy atom. The number of para-hydroxylation sites is 1. The molecule has 202 valence electrons. The fourth-order valence-electron chi connectivity index (χ4n) is 3.90. The van der Waals surface area contributed by atoms with Gasteiger partial charge in [0.25, 0.3) is 10.0 Å². The van der Waals surface area contributed by atoms with Crippen LogP contribution in [0.15, 0.2) is 88.2 Å². The molecule has 3 rings (SSSR count). The van der Waals surface area contributed by atoms with E-state index in [2.05, 4.69) is 21.2 Å². The second-order valence-corrected chi connectivity index (χ2v) is 12.4. The van der Waals surface area contributed by atoms with E-state index in [1.165, 1.54) is 17.0 Å². The highest BCUT2D eigenvalue weighted by Gasteiger charge is 2.33. The molecule has 2 amide bonds. The van der Waals surface area contributed by atoms with Crippen LogP contribution in [-0.4, -0.2) is 44.3 Å². The van der Waals surface area contributed by atoms with Gasteiger partial charge in [-0.15, -0.1) is 0 Å². The van der Waals surface area contributed by atoms with E-state index in [0.29, 0.717) is 17.8 Å². The molecule has 3 aromatic carbocycles. The minimum absolute atomic E-state index is 0.0817. The highest BCUT2D eigenvalue weighted by molar-refractivity contribution is 9.10. The molecule has 0 fully saturated rings. The number of carbonyl (C=O) groups is 2. The van der Waals surface area contributed by atoms with Crippen LogP contribution in [0.2, 0.25) is 0 Å². The minimum atomic E-state index is -4.07. The third-order valence-electron chi connectivity index (χ3n) is 6.11. The molecule has 0 bridgehead atoms. The third-order valence-corrected chi connectivity index (χ3v) is 8.41. The number of carbonyl (C=O) groups excluding carboxylic acids is 2. The summed E-state index contributed by atoms with van der Waals surface area (Å²) in [6, 6.07) is 21.7. The van der Waals surface area contributed by atoms with Gasteiger partial charge in [-0.05, 0) is 61.2 Å². The molecule has 1 N–H and O–H groups in total. The van der Waals surface area contributed by atoms with E-state index in [1.54, 1.807) is 50.2 Å². The molecule has 1 unspecified atom stereocenters. The van der Waals surface area contributed by atoms with Crippen molar-refractivity contribution >= 4 is 43.5 Å². The maximum absolute atomic E-state index is 13.9. The van der Waals surface area contributed by atoms with Crippen molar-refractivity contribution in [2.24, 2.45) is 5.92 Å². The zero-order chi connectivity index (χ0) is 27.9. The average molecular weight is 601 g/mol. The molecule has 0 heterocycles. The van der Waals surface area contributed by atoms with Gasteiger partial charge in [0.2, 0.25) is 11.8 Å². The Morgan fingerprint density at radius 1 is 0.895 bits per heavy atom. The number of sulfonamides is 1. The van der Waals surface area contributed by atoms with Crippen LogP contribution in [-0.2, 0) is 26.2 Å². The summed E-state index contributed by atoms with van der Waals surface area (Å²) < 4.78 is 29.6. The number of aryl methyl sites for hydroxylation is 1. The number of nitrogens with zero attached hydrogens (tertiary/aromatic N) is 2. The van der Waals surface area contributed by atoms with Crippen LogP contribution in [0.5, 0.6) is 0 Å². The van der Waals surface area contributed by atoms with Crippen LogP contribution in [0, 0.1) is 12.8 Å². The van der Waals surface area contributed by atoms with Gasteiger partial charge in [-0.3, -0.25) is 13.9 Å². The van der Waals surface area contributed by atoms with Crippen molar-refractivity contribution in [3.63, 3.8) is 0 Å². The molecule has 0 saturated heterocycles. The smallest absolute Gasteiger partial charge is 0.264 e. The Hall–Kier alpha value is -3.17. The number of benzene rings is 3. The van der Waals surface area contributed by atoms with Crippen molar-refractivity contribution in [1.29, 1.82) is 0 Å². The largest absolute Gasteiger partial charge is 0.354 e. The Bertz CT molecular complexity index is 1350. The number of rotatable bonds is 11. The van der Waals surface area contributed by atoms with E-state index >= 15 is 0 Å². The summed E-state index contributed by atoms with van der Waals surface area (Å²) in [5.74, 6) is -0.533. The van der Waals surface area contributed by atoms with Crippen LogP contribution >= 0.6 is 15.9 Å². The second kappa shape index (κ2) is 13.1. The van der Waals surface area contributed by atoms with Crippen molar-refractivity contribution in [3.05, 3.63) is 94.5 Å². The van der Waals surface area contributed by atoms with Gasteiger partial charge in [-0.25, -0.2) is 8.42 Å². The Labute approximate surface area is 234 Å². The van der Waals surface area contributed by atoms with Gasteiger partial charge in [0.05, 0.1) is 10.6 Å². The molecule has 0 spiro atoms. The highest BCUT2D eigenvalue weighted by atomic mass is 79.9. The van der Waals surface area contributed by atoms with E-state index in [4.69, 9.17) is 0 Å². The molecule has 0 aliphatic heterocycles. The molecule has 0 aliphatic rings. The Kier molecular flexibility index (Phi) is 10.1. The quantitative estimate of drug-likeness (QED) is 0.330. The molecule has 0 radical (unpaired) electrons. The van der Waals surface area contributed by atoms with Crippen molar-refractivity contribution in [2.75, 3.05) is 17.4 Å². The summed E-state index contributed by atoms with van der Waals surface area (Å²) in [5, 5.41) is 2.89. The molecular weight excluding hydrogens is 566 g/mol. The van der Waals surface area contributed by atoms with E-state index in [0.717, 1.165) is 14.3 Å². The summed E-state index contributed by atoms with van der Waals surface area (Å²) >= 11 is 3.42. The van der Waals surface area contributed by atoms with Crippen LogP contribution in [0.25, 0.3) is 0 Å². The third kappa shape index (κ3) is 7.45. The summed E-state index contributed by atoms with van der Waals surface area (Å²) in [7, 11) is -4.07. The number of nitrogens with one attached hydrogen (secondary N) is 1. The maximum atomic E-state index is 13.9. The SMILES string of the molecule is Cc1ccccc1N(CC(=O)N(Cc1ccc(Br)cc1)C(C)C(=O)NCC(C)C)S(=O)(=O)c1ccccc1. The Morgan fingerprint density at radius 2 is 1.50 bits per heavy atom. The molecule has 38 heavy (non-hydrogen) atoms. The fourth-order valence-corrected chi connectivity index (χ4v) is 5.66. The highest BCUT2D eigenvalue weighted by Crippen LogP contribution is 2.27. The topological polar surface area (TPSA) is 86.8 Å². The van der Waals surface area contributed by atoms with Gasteiger partial charge in [-0.2, -0.15) is 0 Å². The monoisotopic (exact) mass is 599 g/mol. The number of anilines is 1. The van der Waals surface area contributed by atoms with Crippen LogP contribution in [0.1, 0.15) is 31.9 Å². The van der Waals surface area contributed by atoms with Crippen molar-refractivity contribution in [1.82, 2.24) is 10.2 Å². The fraction of sp³-hybridized carbons (Fsp3) is 0.310. The molecule has 9 heteroatoms. The standard InChI is InChI=1S/C29H34BrN3O4S/c1-21(2)18-31-29(35)23(4)32(19-24-14-16-25(30)17-15-24)28(34)20-33(27-13-9-8-10-22(27)3)38(36,37)26-11-6-5-7-12-26/h5-17,21,23H,18-20H2,1-4H3,(H,31,35). The summed E-state index contributed by atoms with van der Waals surface area (Å²) in [5.41, 5.74) is 1.94. The lowest BCUT2D eigenvalue weighted by Gasteiger charge is -2.32. The van der Waals surface area contributed by atoms with Crippen molar-refractivity contribution in [3.8, 4) is 0 Å². The number of hydrogen-bond acceptors (Lipinski definition) is 4. The first-order valence-electron chi connectivity index (χ1n) is 12.5. The normalized spacial score (nSPS) is 12.2. The number of halogens is 1. The lowest BCUT2D eigenvalue weighted by molar-refractivity contribution is -0.139. The molecule has 0 saturated carbocycles. The summed E-state index contributed by atoms with van der Waals surface area (Å²) in [4.78, 5) is 28.4. The lowest BCUT2D eigenvalue weighted by atomic mass is 10.1. The first kappa shape index (κ1) is 29.4. The van der Waals surface area contributed by atoms with Crippen molar-refractivity contribution < 1.29 is 18.0 Å². The van der Waals surface area contributed by atoms with Gasteiger partial charge in [0, 0.05) is 17.6 Å². The lowest BCUT2D eigenvalue weighted by Crippen LogP contribution is -2.51. The van der Waals surface area contributed by atoms with Gasteiger partial charge in [0.15, 0.2) is 0 Å².